The van der Waals surface area contributed by atoms with Crippen LogP contribution >= 0.6 is 0 Å². The summed E-state index contributed by atoms with van der Waals surface area (Å²) in [7, 11) is 1.26. The summed E-state index contributed by atoms with van der Waals surface area (Å²) in [6, 6.07) is 5.17. The normalized spacial score (nSPS) is 15.4. The van der Waals surface area contributed by atoms with E-state index in [2.05, 4.69) is 0 Å². The summed E-state index contributed by atoms with van der Waals surface area (Å²) in [5, 5.41) is 1.71. The van der Waals surface area contributed by atoms with Gasteiger partial charge in [-0.2, -0.15) is 0 Å². The molecule has 6 heteroatoms. The van der Waals surface area contributed by atoms with Gasteiger partial charge in [0.05, 0.1) is 17.7 Å². The Morgan fingerprint density at radius 2 is 2.06 bits per heavy atom. The number of anilines is 1. The Morgan fingerprint density at radius 1 is 1.35 bits per heavy atom. The van der Waals surface area contributed by atoms with Gasteiger partial charge in [-0.15, -0.1) is 0 Å². The van der Waals surface area contributed by atoms with E-state index in [4.69, 9.17) is 4.84 Å². The van der Waals surface area contributed by atoms with Crippen LogP contribution in [-0.4, -0.2) is 40.5 Å². The predicted octanol–water partition coefficient (Wildman–Crippen LogP) is 0.861. The van der Waals surface area contributed by atoms with Crippen molar-refractivity contribution in [2.75, 3.05) is 32.8 Å². The number of fused-ring (bicyclic) bond motifs is 1. The van der Waals surface area contributed by atoms with Crippen LogP contribution in [0.15, 0.2) is 23.1 Å². The number of rotatable bonds is 3. The average molecular weight is 256 g/mol. The zero-order valence-electron chi connectivity index (χ0n) is 10.2. The molecule has 0 amide bonds. The first kappa shape index (κ1) is 12.3. The minimum Gasteiger partial charge on any atom is -0.277 e. The van der Waals surface area contributed by atoms with E-state index in [-0.39, 0.29) is 0 Å². The molecule has 5 nitrogen and oxygen atoms in total. The molecule has 0 bridgehead atoms. The van der Waals surface area contributed by atoms with E-state index in [1.165, 1.54) is 18.4 Å². The summed E-state index contributed by atoms with van der Waals surface area (Å²) in [5.41, 5.74) is 1.96. The first-order chi connectivity index (χ1) is 7.96. The molecule has 0 fully saturated rings. The minimum atomic E-state index is -3.38. The Hall–Kier alpha value is -1.11. The largest absolute Gasteiger partial charge is 0.277 e. The van der Waals surface area contributed by atoms with Crippen LogP contribution in [0.25, 0.3) is 0 Å². The van der Waals surface area contributed by atoms with E-state index >= 15 is 0 Å². The van der Waals surface area contributed by atoms with Crippen LogP contribution in [0.1, 0.15) is 5.56 Å². The van der Waals surface area contributed by atoms with Crippen LogP contribution < -0.4 is 5.06 Å². The number of hydroxylamine groups is 1. The lowest BCUT2D eigenvalue weighted by molar-refractivity contribution is 0.174. The van der Waals surface area contributed by atoms with Crippen molar-refractivity contribution in [1.82, 2.24) is 4.31 Å². The number of hydrogen-bond donors (Lipinski definition) is 0. The van der Waals surface area contributed by atoms with Gasteiger partial charge < -0.3 is 0 Å². The maximum absolute atomic E-state index is 12.0. The SMILES string of the molecule is CON1CCc2ccc(S(=O)(=O)N(C)C)cc21. The molecule has 0 saturated carbocycles. The van der Waals surface area contributed by atoms with Gasteiger partial charge in [0, 0.05) is 20.6 Å². The fourth-order valence-electron chi connectivity index (χ4n) is 1.89. The third-order valence-corrected chi connectivity index (χ3v) is 4.72. The highest BCUT2D eigenvalue weighted by Crippen LogP contribution is 2.30. The molecule has 0 atom stereocenters. The molecule has 0 aromatic heterocycles. The fraction of sp³-hybridized carbons (Fsp3) is 0.455. The highest BCUT2D eigenvalue weighted by Gasteiger charge is 2.24. The van der Waals surface area contributed by atoms with Gasteiger partial charge in [-0.25, -0.2) is 12.7 Å². The van der Waals surface area contributed by atoms with Crippen LogP contribution in [0.2, 0.25) is 0 Å². The van der Waals surface area contributed by atoms with Gasteiger partial charge in [0.2, 0.25) is 10.0 Å². The monoisotopic (exact) mass is 256 g/mol. The van der Waals surface area contributed by atoms with Crippen molar-refractivity contribution in [3.8, 4) is 0 Å². The van der Waals surface area contributed by atoms with Gasteiger partial charge in [0.15, 0.2) is 0 Å². The number of benzene rings is 1. The van der Waals surface area contributed by atoms with E-state index in [1.54, 1.807) is 24.3 Å². The summed E-state index contributed by atoms with van der Waals surface area (Å²) in [6.07, 6.45) is 0.880. The zero-order valence-corrected chi connectivity index (χ0v) is 11.0. The smallest absolute Gasteiger partial charge is 0.242 e. The zero-order chi connectivity index (χ0) is 12.6. The first-order valence-corrected chi connectivity index (χ1v) is 6.78. The molecule has 94 valence electrons. The summed E-state index contributed by atoms with van der Waals surface area (Å²) in [4.78, 5) is 5.49. The molecule has 17 heavy (non-hydrogen) atoms. The molecule has 0 saturated heterocycles. The second-order valence-electron chi connectivity index (χ2n) is 4.11. The predicted molar refractivity (Wildman–Crippen MR) is 65.4 cm³/mol. The topological polar surface area (TPSA) is 49.9 Å². The van der Waals surface area contributed by atoms with Crippen LogP contribution in [0, 0.1) is 0 Å². The van der Waals surface area contributed by atoms with Gasteiger partial charge in [0.25, 0.3) is 0 Å². The Bertz CT molecular complexity index is 526. The van der Waals surface area contributed by atoms with Crippen LogP contribution in [-0.2, 0) is 21.3 Å². The van der Waals surface area contributed by atoms with Crippen molar-refractivity contribution in [3.63, 3.8) is 0 Å². The van der Waals surface area contributed by atoms with Crippen LogP contribution in [0.3, 0.4) is 0 Å². The maximum Gasteiger partial charge on any atom is 0.242 e. The van der Waals surface area contributed by atoms with Crippen molar-refractivity contribution in [3.05, 3.63) is 23.8 Å². The fourth-order valence-corrected chi connectivity index (χ4v) is 2.81. The summed E-state index contributed by atoms with van der Waals surface area (Å²) >= 11 is 0. The third-order valence-electron chi connectivity index (χ3n) is 2.91. The van der Waals surface area contributed by atoms with E-state index in [0.717, 1.165) is 24.2 Å². The lowest BCUT2D eigenvalue weighted by Crippen LogP contribution is -2.23. The minimum absolute atomic E-state index is 0.296. The summed E-state index contributed by atoms with van der Waals surface area (Å²) < 4.78 is 25.2. The molecule has 1 aromatic rings. The molecule has 1 aromatic carbocycles. The van der Waals surface area contributed by atoms with E-state index < -0.39 is 10.0 Å². The summed E-state index contributed by atoms with van der Waals surface area (Å²) in [6.45, 7) is 0.761. The molecular formula is C11H16N2O3S. The van der Waals surface area contributed by atoms with Gasteiger partial charge in [0.1, 0.15) is 0 Å². The molecule has 0 spiro atoms. The summed E-state index contributed by atoms with van der Waals surface area (Å²) in [5.74, 6) is 0. The van der Waals surface area contributed by atoms with E-state index in [1.807, 2.05) is 6.07 Å². The average Bonchev–Trinajstić information content (AvgIpc) is 2.70. The molecule has 1 heterocycles. The molecule has 1 aliphatic rings. The van der Waals surface area contributed by atoms with Crippen molar-refractivity contribution in [2.24, 2.45) is 0 Å². The molecule has 0 unspecified atom stereocenters. The highest BCUT2D eigenvalue weighted by molar-refractivity contribution is 7.89. The number of sulfonamides is 1. The Balaban J connectivity index is 2.48. The van der Waals surface area contributed by atoms with Gasteiger partial charge in [-0.05, 0) is 24.1 Å². The van der Waals surface area contributed by atoms with Crippen molar-refractivity contribution in [2.45, 2.75) is 11.3 Å². The molecule has 1 aliphatic heterocycles. The highest BCUT2D eigenvalue weighted by atomic mass is 32.2. The second kappa shape index (κ2) is 4.29. The van der Waals surface area contributed by atoms with Gasteiger partial charge in [-0.1, -0.05) is 6.07 Å². The second-order valence-corrected chi connectivity index (χ2v) is 6.26. The van der Waals surface area contributed by atoms with Crippen molar-refractivity contribution in [1.29, 1.82) is 0 Å². The van der Waals surface area contributed by atoms with Crippen LogP contribution in [0.5, 0.6) is 0 Å². The number of hydrogen-bond acceptors (Lipinski definition) is 4. The molecule has 0 aliphatic carbocycles. The molecule has 2 rings (SSSR count). The van der Waals surface area contributed by atoms with E-state index in [9.17, 15) is 8.42 Å². The van der Waals surface area contributed by atoms with Gasteiger partial charge >= 0.3 is 0 Å². The van der Waals surface area contributed by atoms with E-state index in [0.29, 0.717) is 4.90 Å². The Labute approximate surface area is 102 Å². The number of nitrogens with zero attached hydrogens (tertiary/aromatic N) is 2. The van der Waals surface area contributed by atoms with Gasteiger partial charge in [-0.3, -0.25) is 9.90 Å². The lowest BCUT2D eigenvalue weighted by Gasteiger charge is -2.17. The lowest BCUT2D eigenvalue weighted by atomic mass is 10.2. The van der Waals surface area contributed by atoms with Crippen molar-refractivity contribution < 1.29 is 13.3 Å². The first-order valence-electron chi connectivity index (χ1n) is 5.34. The standard InChI is InChI=1S/C11H16N2O3S/c1-12(2)17(14,15)10-5-4-9-6-7-13(16-3)11(9)8-10/h4-5,8H,6-7H2,1-3H3. The Kier molecular flexibility index (Phi) is 3.11. The Morgan fingerprint density at radius 3 is 2.65 bits per heavy atom. The molecule has 0 N–H and O–H groups in total. The van der Waals surface area contributed by atoms with Crippen molar-refractivity contribution >= 4 is 15.7 Å². The van der Waals surface area contributed by atoms with Crippen LogP contribution in [0.4, 0.5) is 5.69 Å². The maximum atomic E-state index is 12.0. The third kappa shape index (κ3) is 2.03. The molecular weight excluding hydrogens is 240 g/mol. The molecule has 0 radical (unpaired) electrons. The quantitative estimate of drug-likeness (QED) is 0.805.